The summed E-state index contributed by atoms with van der Waals surface area (Å²) in [6.07, 6.45) is 6.75. The Labute approximate surface area is 227 Å². The van der Waals surface area contributed by atoms with Crippen LogP contribution in [0, 0.1) is 11.3 Å². The third-order valence-electron chi connectivity index (χ3n) is 6.84. The van der Waals surface area contributed by atoms with Gasteiger partial charge in [-0.05, 0) is 55.8 Å². The van der Waals surface area contributed by atoms with Crippen LogP contribution in [0.3, 0.4) is 0 Å². The van der Waals surface area contributed by atoms with Crippen molar-refractivity contribution in [2.75, 3.05) is 39.1 Å². The summed E-state index contributed by atoms with van der Waals surface area (Å²) in [6, 6.07) is 4.04. The van der Waals surface area contributed by atoms with Gasteiger partial charge in [-0.1, -0.05) is 20.8 Å². The number of carbonyl (C=O) groups excluding carboxylic acids is 1. The summed E-state index contributed by atoms with van der Waals surface area (Å²) in [4.78, 5) is 25.7. The lowest BCUT2D eigenvalue weighted by Crippen LogP contribution is -2.32. The van der Waals surface area contributed by atoms with Gasteiger partial charge < -0.3 is 20.3 Å². The van der Waals surface area contributed by atoms with Crippen LogP contribution in [-0.2, 0) is 17.6 Å². The van der Waals surface area contributed by atoms with E-state index in [1.165, 1.54) is 10.4 Å². The molecule has 0 fully saturated rings. The zero-order valence-corrected chi connectivity index (χ0v) is 23.7. The van der Waals surface area contributed by atoms with E-state index < -0.39 is 0 Å². The number of hydrogen-bond acceptors (Lipinski definition) is 8. The van der Waals surface area contributed by atoms with E-state index in [2.05, 4.69) is 51.6 Å². The molecule has 0 unspecified atom stereocenters. The Kier molecular flexibility index (Phi) is 7.54. The van der Waals surface area contributed by atoms with Crippen LogP contribution in [0.15, 0.2) is 24.7 Å². The van der Waals surface area contributed by atoms with Crippen molar-refractivity contribution >= 4 is 49.9 Å². The first kappa shape index (κ1) is 26.4. The Morgan fingerprint density at radius 2 is 2.11 bits per heavy atom. The molecule has 202 valence electrons. The molecule has 38 heavy (non-hydrogen) atoms. The third-order valence-corrected chi connectivity index (χ3v) is 8.00. The van der Waals surface area contributed by atoms with Gasteiger partial charge in [-0.15, -0.1) is 11.3 Å². The highest BCUT2D eigenvalue weighted by Crippen LogP contribution is 2.42. The highest BCUT2D eigenvalue weighted by atomic mass is 32.1. The number of nitrogens with zero attached hydrogens (tertiary/aromatic N) is 4. The molecule has 1 aliphatic carbocycles. The van der Waals surface area contributed by atoms with Crippen molar-refractivity contribution in [3.05, 3.63) is 35.1 Å². The minimum atomic E-state index is 0.0244. The summed E-state index contributed by atoms with van der Waals surface area (Å²) in [7, 11) is 3.66. The summed E-state index contributed by atoms with van der Waals surface area (Å²) in [5, 5.41) is 16.3. The number of H-pyrrole nitrogens is 1. The van der Waals surface area contributed by atoms with Gasteiger partial charge in [0.2, 0.25) is 5.91 Å². The highest BCUT2D eigenvalue weighted by Gasteiger charge is 2.30. The lowest BCUT2D eigenvalue weighted by atomic mass is 9.87. The molecule has 0 saturated heterocycles. The highest BCUT2D eigenvalue weighted by molar-refractivity contribution is 7.19. The molecule has 0 spiro atoms. The van der Waals surface area contributed by atoms with Crippen molar-refractivity contribution in [2.24, 2.45) is 11.3 Å². The molecule has 4 aromatic rings. The first-order valence-electron chi connectivity index (χ1n) is 13.2. The average molecular weight is 536 g/mol. The van der Waals surface area contributed by atoms with E-state index in [9.17, 15) is 4.79 Å². The minimum Gasteiger partial charge on any atom is -0.491 e. The molecule has 10 heteroatoms. The molecule has 5 rings (SSSR count). The van der Waals surface area contributed by atoms with Crippen LogP contribution >= 0.6 is 11.3 Å². The van der Waals surface area contributed by atoms with Gasteiger partial charge in [0.15, 0.2) is 0 Å². The molecule has 3 aromatic heterocycles. The molecule has 1 aromatic carbocycles. The van der Waals surface area contributed by atoms with Gasteiger partial charge in [0.1, 0.15) is 22.7 Å². The standard InChI is InChI=1S/C28H37N7O2S/c1-28(2,3)15-29-9-6-10-37-22-13-20-18(14-32-34-20)11-21(22)33-25-24-19-8-7-17(27(36)35(4)5)12-23(19)38-26(24)31-16-30-25/h11,13-14,16-17,29H,6-10,12,15H2,1-5H3,(H,32,34)(H,30,31,33)/t17-/m0/s1. The summed E-state index contributed by atoms with van der Waals surface area (Å²) in [6.45, 7) is 9.15. The predicted molar refractivity (Wildman–Crippen MR) is 153 cm³/mol. The van der Waals surface area contributed by atoms with Crippen molar-refractivity contribution in [1.82, 2.24) is 30.4 Å². The first-order chi connectivity index (χ1) is 18.2. The number of aromatic nitrogens is 4. The maximum Gasteiger partial charge on any atom is 0.225 e. The second kappa shape index (κ2) is 10.9. The quantitative estimate of drug-likeness (QED) is 0.261. The maximum absolute atomic E-state index is 12.6. The number of ether oxygens (including phenoxy) is 1. The Morgan fingerprint density at radius 3 is 2.89 bits per heavy atom. The van der Waals surface area contributed by atoms with Gasteiger partial charge >= 0.3 is 0 Å². The van der Waals surface area contributed by atoms with Crippen molar-refractivity contribution in [2.45, 2.75) is 46.5 Å². The van der Waals surface area contributed by atoms with Gasteiger partial charge in [0.05, 0.1) is 29.4 Å². The van der Waals surface area contributed by atoms with E-state index in [0.717, 1.165) is 77.1 Å². The molecule has 9 nitrogen and oxygen atoms in total. The maximum atomic E-state index is 12.6. The van der Waals surface area contributed by atoms with Crippen LogP contribution < -0.4 is 15.4 Å². The Bertz CT molecular complexity index is 1440. The Hall–Kier alpha value is -3.24. The number of benzene rings is 1. The summed E-state index contributed by atoms with van der Waals surface area (Å²) in [5.74, 6) is 1.74. The fourth-order valence-electron chi connectivity index (χ4n) is 4.94. The van der Waals surface area contributed by atoms with Crippen LogP contribution in [0.1, 0.15) is 44.1 Å². The molecular weight excluding hydrogens is 498 g/mol. The number of rotatable bonds is 9. The average Bonchev–Trinajstić information content (AvgIpc) is 3.48. The van der Waals surface area contributed by atoms with Crippen LogP contribution in [0.2, 0.25) is 0 Å². The smallest absolute Gasteiger partial charge is 0.225 e. The van der Waals surface area contributed by atoms with Crippen molar-refractivity contribution < 1.29 is 9.53 Å². The Balaban J connectivity index is 1.37. The summed E-state index contributed by atoms with van der Waals surface area (Å²) < 4.78 is 6.25. The minimum absolute atomic E-state index is 0.0244. The molecular formula is C28H37N7O2S. The largest absolute Gasteiger partial charge is 0.491 e. The molecule has 3 N–H and O–H groups in total. The van der Waals surface area contributed by atoms with Gasteiger partial charge in [-0.25, -0.2) is 9.97 Å². The number of hydrogen-bond donors (Lipinski definition) is 3. The number of nitrogens with one attached hydrogen (secondary N) is 3. The predicted octanol–water partition coefficient (Wildman–Crippen LogP) is 4.91. The number of fused-ring (bicyclic) bond motifs is 4. The van der Waals surface area contributed by atoms with E-state index in [1.54, 1.807) is 22.6 Å². The first-order valence-corrected chi connectivity index (χ1v) is 14.1. The fraction of sp³-hybridized carbons (Fsp3) is 0.500. The van der Waals surface area contributed by atoms with Crippen LogP contribution in [-0.4, -0.2) is 64.8 Å². The van der Waals surface area contributed by atoms with Gasteiger partial charge in [-0.3, -0.25) is 9.89 Å². The zero-order chi connectivity index (χ0) is 26.9. The molecule has 3 heterocycles. The number of amides is 1. The van der Waals surface area contributed by atoms with Crippen molar-refractivity contribution in [1.29, 1.82) is 0 Å². The SMILES string of the molecule is CN(C)C(=O)[C@H]1CCc2c(sc3ncnc(Nc4cc5cn[nH]c5cc4OCCCNCC(C)(C)C)c23)C1. The van der Waals surface area contributed by atoms with E-state index >= 15 is 0 Å². The topological polar surface area (TPSA) is 108 Å². The molecule has 0 saturated carbocycles. The lowest BCUT2D eigenvalue weighted by molar-refractivity contribution is -0.133. The number of aryl methyl sites for hydroxylation is 1. The summed E-state index contributed by atoms with van der Waals surface area (Å²) >= 11 is 1.67. The van der Waals surface area contributed by atoms with E-state index in [0.29, 0.717) is 6.61 Å². The van der Waals surface area contributed by atoms with Gasteiger partial charge in [-0.2, -0.15) is 5.10 Å². The number of anilines is 2. The van der Waals surface area contributed by atoms with Gasteiger partial charge in [0.25, 0.3) is 0 Å². The van der Waals surface area contributed by atoms with Crippen molar-refractivity contribution in [3.63, 3.8) is 0 Å². The Morgan fingerprint density at radius 1 is 1.26 bits per heavy atom. The normalized spacial score (nSPS) is 15.6. The zero-order valence-electron chi connectivity index (χ0n) is 22.9. The fourth-order valence-corrected chi connectivity index (χ4v) is 6.21. The van der Waals surface area contributed by atoms with E-state index in [-0.39, 0.29) is 17.2 Å². The lowest BCUT2D eigenvalue weighted by Gasteiger charge is -2.24. The van der Waals surface area contributed by atoms with Crippen LogP contribution in [0.5, 0.6) is 5.75 Å². The molecule has 0 aliphatic heterocycles. The summed E-state index contributed by atoms with van der Waals surface area (Å²) in [5.41, 5.74) is 3.29. The number of aromatic amines is 1. The molecule has 1 amide bonds. The number of thiophene rings is 1. The van der Waals surface area contributed by atoms with Gasteiger partial charge in [0, 0.05) is 36.3 Å². The molecule has 0 bridgehead atoms. The molecule has 1 atom stereocenters. The number of carbonyl (C=O) groups is 1. The van der Waals surface area contributed by atoms with E-state index in [4.69, 9.17) is 4.74 Å². The van der Waals surface area contributed by atoms with Crippen LogP contribution in [0.25, 0.3) is 21.1 Å². The second-order valence-electron chi connectivity index (χ2n) is 11.4. The van der Waals surface area contributed by atoms with Crippen LogP contribution in [0.4, 0.5) is 11.5 Å². The molecule has 0 radical (unpaired) electrons. The molecule has 1 aliphatic rings. The second-order valence-corrected chi connectivity index (χ2v) is 12.5. The van der Waals surface area contributed by atoms with Crippen molar-refractivity contribution in [3.8, 4) is 5.75 Å². The third kappa shape index (κ3) is 5.76. The van der Waals surface area contributed by atoms with E-state index in [1.807, 2.05) is 32.4 Å². The monoisotopic (exact) mass is 535 g/mol.